The topological polar surface area (TPSA) is 29.3 Å². The fraction of sp³-hybridized carbons (Fsp3) is 0.625. The van der Waals surface area contributed by atoms with Gasteiger partial charge in [0.15, 0.2) is 0 Å². The Kier molecular flexibility index (Phi) is 5.58. The first-order valence-electron chi connectivity index (χ1n) is 7.49. The Morgan fingerprint density at radius 1 is 1.35 bits per heavy atom. The molecule has 1 aliphatic rings. The van der Waals surface area contributed by atoms with Crippen LogP contribution in [0.3, 0.4) is 0 Å². The summed E-state index contributed by atoms with van der Waals surface area (Å²) in [6, 6.07) is 6.16. The molecular formula is C16H24BrFN2. The number of nitrogens with zero attached hydrogens (tertiary/aromatic N) is 1. The molecule has 0 saturated heterocycles. The van der Waals surface area contributed by atoms with E-state index >= 15 is 0 Å². The van der Waals surface area contributed by atoms with Crippen molar-refractivity contribution in [3.63, 3.8) is 0 Å². The summed E-state index contributed by atoms with van der Waals surface area (Å²) in [6.07, 6.45) is 4.40. The smallest absolute Gasteiger partial charge is 0.128 e. The van der Waals surface area contributed by atoms with Crippen molar-refractivity contribution in [2.75, 3.05) is 6.54 Å². The molecule has 0 spiro atoms. The number of halogens is 2. The molecule has 2 nitrogen and oxygen atoms in total. The number of rotatable bonds is 4. The fourth-order valence-corrected chi connectivity index (χ4v) is 3.67. The third-order valence-corrected chi connectivity index (χ3v) is 4.97. The standard InChI is InChI=1S/C16H24BrFN2/c1-3-20(14-7-5-13(19)6-8-14)11(2)15-10-12(17)4-9-16(15)18/h4,9-11,13-14H,3,5-8,19H2,1-2H3. The van der Waals surface area contributed by atoms with E-state index in [1.807, 2.05) is 6.07 Å². The van der Waals surface area contributed by atoms with Gasteiger partial charge in [-0.05, 0) is 57.4 Å². The molecule has 1 atom stereocenters. The highest BCUT2D eigenvalue weighted by molar-refractivity contribution is 9.10. The number of hydrogen-bond acceptors (Lipinski definition) is 2. The molecule has 0 aliphatic heterocycles. The van der Waals surface area contributed by atoms with Crippen LogP contribution < -0.4 is 5.73 Å². The SMILES string of the molecule is CCN(C1CCC(N)CC1)C(C)c1cc(Br)ccc1F. The van der Waals surface area contributed by atoms with Crippen LogP contribution in [0, 0.1) is 5.82 Å². The van der Waals surface area contributed by atoms with Gasteiger partial charge in [0.05, 0.1) is 0 Å². The van der Waals surface area contributed by atoms with Gasteiger partial charge in [0.2, 0.25) is 0 Å². The van der Waals surface area contributed by atoms with E-state index in [1.54, 1.807) is 12.1 Å². The molecule has 1 aromatic carbocycles. The second kappa shape index (κ2) is 7.01. The Labute approximate surface area is 129 Å². The Bertz CT molecular complexity index is 444. The quantitative estimate of drug-likeness (QED) is 0.886. The minimum atomic E-state index is -0.119. The van der Waals surface area contributed by atoms with E-state index in [0.29, 0.717) is 12.1 Å². The average Bonchev–Trinajstić information content (AvgIpc) is 2.44. The predicted molar refractivity (Wildman–Crippen MR) is 85.1 cm³/mol. The Balaban J connectivity index is 2.16. The third-order valence-electron chi connectivity index (χ3n) is 4.48. The summed E-state index contributed by atoms with van der Waals surface area (Å²) in [5.41, 5.74) is 6.76. The third kappa shape index (κ3) is 3.60. The van der Waals surface area contributed by atoms with Gasteiger partial charge in [0.25, 0.3) is 0 Å². The highest BCUT2D eigenvalue weighted by atomic mass is 79.9. The molecule has 20 heavy (non-hydrogen) atoms. The van der Waals surface area contributed by atoms with Crippen molar-refractivity contribution in [1.29, 1.82) is 0 Å². The van der Waals surface area contributed by atoms with Crippen LogP contribution in [0.1, 0.15) is 51.1 Å². The molecule has 1 aliphatic carbocycles. The van der Waals surface area contributed by atoms with E-state index < -0.39 is 0 Å². The maximum atomic E-state index is 14.1. The minimum Gasteiger partial charge on any atom is -0.328 e. The maximum absolute atomic E-state index is 14.1. The summed E-state index contributed by atoms with van der Waals surface area (Å²) in [5, 5.41) is 0. The minimum absolute atomic E-state index is 0.0943. The summed E-state index contributed by atoms with van der Waals surface area (Å²) in [4.78, 5) is 2.41. The normalized spacial score (nSPS) is 24.9. The zero-order chi connectivity index (χ0) is 14.7. The molecule has 2 N–H and O–H groups in total. The van der Waals surface area contributed by atoms with Gasteiger partial charge in [-0.3, -0.25) is 4.90 Å². The highest BCUT2D eigenvalue weighted by Gasteiger charge is 2.28. The lowest BCUT2D eigenvalue weighted by molar-refractivity contribution is 0.112. The van der Waals surface area contributed by atoms with Crippen molar-refractivity contribution in [3.05, 3.63) is 34.1 Å². The van der Waals surface area contributed by atoms with Crippen molar-refractivity contribution in [2.24, 2.45) is 5.73 Å². The molecular weight excluding hydrogens is 319 g/mol. The van der Waals surface area contributed by atoms with E-state index in [2.05, 4.69) is 34.7 Å². The van der Waals surface area contributed by atoms with E-state index in [4.69, 9.17) is 5.73 Å². The Morgan fingerprint density at radius 2 is 2.00 bits per heavy atom. The van der Waals surface area contributed by atoms with E-state index in [-0.39, 0.29) is 11.9 Å². The maximum Gasteiger partial charge on any atom is 0.128 e. The fourth-order valence-electron chi connectivity index (χ4n) is 3.29. The molecule has 2 rings (SSSR count). The van der Waals surface area contributed by atoms with Crippen LogP contribution in [0.2, 0.25) is 0 Å². The molecule has 0 aromatic heterocycles. The lowest BCUT2D eigenvalue weighted by Crippen LogP contribution is -2.42. The summed E-state index contributed by atoms with van der Waals surface area (Å²) < 4.78 is 15.0. The largest absolute Gasteiger partial charge is 0.328 e. The van der Waals surface area contributed by atoms with Crippen LogP contribution in [-0.2, 0) is 0 Å². The first-order valence-corrected chi connectivity index (χ1v) is 8.28. The van der Waals surface area contributed by atoms with Crippen LogP contribution in [0.25, 0.3) is 0 Å². The van der Waals surface area contributed by atoms with Gasteiger partial charge in [-0.1, -0.05) is 22.9 Å². The molecule has 4 heteroatoms. The zero-order valence-electron chi connectivity index (χ0n) is 12.3. The van der Waals surface area contributed by atoms with Crippen molar-refractivity contribution in [1.82, 2.24) is 4.90 Å². The van der Waals surface area contributed by atoms with Crippen LogP contribution in [0.15, 0.2) is 22.7 Å². The van der Waals surface area contributed by atoms with Crippen molar-refractivity contribution < 1.29 is 4.39 Å². The van der Waals surface area contributed by atoms with Crippen LogP contribution in [-0.4, -0.2) is 23.5 Å². The molecule has 112 valence electrons. The highest BCUT2D eigenvalue weighted by Crippen LogP contribution is 2.31. The number of nitrogens with two attached hydrogens (primary N) is 1. The molecule has 1 unspecified atom stereocenters. The van der Waals surface area contributed by atoms with Crippen molar-refractivity contribution in [2.45, 2.75) is 57.7 Å². The van der Waals surface area contributed by atoms with Gasteiger partial charge in [-0.25, -0.2) is 4.39 Å². The molecule has 0 radical (unpaired) electrons. The second-order valence-electron chi connectivity index (χ2n) is 5.74. The lowest BCUT2D eigenvalue weighted by Gasteiger charge is -2.39. The van der Waals surface area contributed by atoms with Gasteiger partial charge in [-0.2, -0.15) is 0 Å². The molecule has 0 heterocycles. The first-order chi connectivity index (χ1) is 9.52. The Morgan fingerprint density at radius 3 is 2.60 bits per heavy atom. The van der Waals surface area contributed by atoms with Crippen LogP contribution in [0.4, 0.5) is 4.39 Å². The monoisotopic (exact) mass is 342 g/mol. The number of benzene rings is 1. The van der Waals surface area contributed by atoms with E-state index in [0.717, 1.165) is 42.3 Å². The Hall–Kier alpha value is -0.450. The predicted octanol–water partition coefficient (Wildman–Crippen LogP) is 4.24. The summed E-state index contributed by atoms with van der Waals surface area (Å²) in [5.74, 6) is -0.119. The average molecular weight is 343 g/mol. The van der Waals surface area contributed by atoms with Crippen molar-refractivity contribution in [3.8, 4) is 0 Å². The van der Waals surface area contributed by atoms with Gasteiger partial charge >= 0.3 is 0 Å². The summed E-state index contributed by atoms with van der Waals surface area (Å²) in [6.45, 7) is 5.19. The molecule has 1 saturated carbocycles. The van der Waals surface area contributed by atoms with Crippen molar-refractivity contribution >= 4 is 15.9 Å². The summed E-state index contributed by atoms with van der Waals surface area (Å²) >= 11 is 3.44. The zero-order valence-corrected chi connectivity index (χ0v) is 13.9. The van der Waals surface area contributed by atoms with Crippen LogP contribution in [0.5, 0.6) is 0 Å². The van der Waals surface area contributed by atoms with E-state index in [1.165, 1.54) is 0 Å². The summed E-state index contributed by atoms with van der Waals surface area (Å²) in [7, 11) is 0. The number of hydrogen-bond donors (Lipinski definition) is 1. The van der Waals surface area contributed by atoms with Gasteiger partial charge in [0, 0.05) is 28.2 Å². The molecule has 0 amide bonds. The van der Waals surface area contributed by atoms with E-state index in [9.17, 15) is 4.39 Å². The lowest BCUT2D eigenvalue weighted by atomic mass is 9.89. The molecule has 1 aromatic rings. The molecule has 0 bridgehead atoms. The first kappa shape index (κ1) is 15.9. The molecule has 1 fully saturated rings. The second-order valence-corrected chi connectivity index (χ2v) is 6.66. The van der Waals surface area contributed by atoms with Gasteiger partial charge in [0.1, 0.15) is 5.82 Å². The van der Waals surface area contributed by atoms with Crippen LogP contribution >= 0.6 is 15.9 Å². The van der Waals surface area contributed by atoms with Gasteiger partial charge in [-0.15, -0.1) is 0 Å². The van der Waals surface area contributed by atoms with Gasteiger partial charge < -0.3 is 5.73 Å².